The lowest BCUT2D eigenvalue weighted by Gasteiger charge is -2.23. The van der Waals surface area contributed by atoms with Crippen molar-refractivity contribution in [2.24, 2.45) is 7.05 Å². The van der Waals surface area contributed by atoms with Crippen molar-refractivity contribution >= 4 is 17.1 Å². The highest BCUT2D eigenvalue weighted by Gasteiger charge is 2.21. The number of rotatable bonds is 2. The lowest BCUT2D eigenvalue weighted by atomic mass is 9.95. The molecule has 0 aromatic carbocycles. The molecule has 3 heterocycles. The Morgan fingerprint density at radius 2 is 2.20 bits per heavy atom. The Morgan fingerprint density at radius 3 is 2.90 bits per heavy atom. The average molecular weight is 274 g/mol. The number of aryl methyl sites for hydroxylation is 1. The fourth-order valence-corrected chi connectivity index (χ4v) is 2.82. The van der Waals surface area contributed by atoms with E-state index in [0.29, 0.717) is 5.92 Å². The van der Waals surface area contributed by atoms with Crippen LogP contribution in [0.3, 0.4) is 0 Å². The Balaban J connectivity index is 2.02. The molecule has 0 amide bonds. The molecule has 0 atom stereocenters. The quantitative estimate of drug-likeness (QED) is 0.834. The van der Waals surface area contributed by atoms with Crippen LogP contribution in [0.15, 0.2) is 12.3 Å². The highest BCUT2D eigenvalue weighted by Crippen LogP contribution is 2.28. The maximum absolute atomic E-state index is 11.5. The summed E-state index contributed by atoms with van der Waals surface area (Å²) >= 11 is 0. The molecule has 0 saturated carbocycles. The Labute approximate surface area is 117 Å². The lowest BCUT2D eigenvalue weighted by Crippen LogP contribution is -2.27. The average Bonchev–Trinajstić information content (AvgIpc) is 2.84. The van der Waals surface area contributed by atoms with Gasteiger partial charge < -0.3 is 14.6 Å². The van der Waals surface area contributed by atoms with Gasteiger partial charge in [-0.3, -0.25) is 0 Å². The highest BCUT2D eigenvalue weighted by molar-refractivity contribution is 5.89. The van der Waals surface area contributed by atoms with E-state index in [1.54, 1.807) is 0 Å². The molecule has 0 spiro atoms. The van der Waals surface area contributed by atoms with Crippen LogP contribution >= 0.6 is 0 Å². The van der Waals surface area contributed by atoms with Crippen molar-refractivity contribution in [2.75, 3.05) is 20.2 Å². The molecule has 106 valence electrons. The van der Waals surface area contributed by atoms with E-state index in [-0.39, 0.29) is 5.69 Å². The number of carbonyl (C=O) groups is 1. The number of hydrogen-bond acceptors (Lipinski definition) is 5. The number of esters is 1. The molecular weight excluding hydrogens is 256 g/mol. The lowest BCUT2D eigenvalue weighted by molar-refractivity contribution is 0.0594. The van der Waals surface area contributed by atoms with Gasteiger partial charge in [-0.1, -0.05) is 0 Å². The van der Waals surface area contributed by atoms with Crippen LogP contribution in [0.25, 0.3) is 11.2 Å². The standard InChI is InChI=1S/C14H18N4O2/c1-18-12(9-3-5-15-6-4-9)7-10-13(18)16-8-11(17-10)14(19)20-2/h7-9,15H,3-6H2,1-2H3. The van der Waals surface area contributed by atoms with E-state index >= 15 is 0 Å². The third-order valence-corrected chi connectivity index (χ3v) is 3.92. The molecule has 2 aromatic heterocycles. The minimum atomic E-state index is -0.452. The van der Waals surface area contributed by atoms with E-state index in [0.717, 1.165) is 37.1 Å². The number of nitrogens with zero attached hydrogens (tertiary/aromatic N) is 3. The predicted molar refractivity (Wildman–Crippen MR) is 74.7 cm³/mol. The van der Waals surface area contributed by atoms with Gasteiger partial charge in [0.25, 0.3) is 0 Å². The van der Waals surface area contributed by atoms with Gasteiger partial charge in [0, 0.05) is 18.7 Å². The van der Waals surface area contributed by atoms with Crippen LogP contribution in [-0.2, 0) is 11.8 Å². The maximum atomic E-state index is 11.5. The number of hydrogen-bond donors (Lipinski definition) is 1. The fraction of sp³-hybridized carbons (Fsp3) is 0.500. The van der Waals surface area contributed by atoms with Crippen molar-refractivity contribution in [3.63, 3.8) is 0 Å². The summed E-state index contributed by atoms with van der Waals surface area (Å²) in [6.45, 7) is 2.08. The Kier molecular flexibility index (Phi) is 3.40. The fourth-order valence-electron chi connectivity index (χ4n) is 2.82. The highest BCUT2D eigenvalue weighted by atomic mass is 16.5. The molecule has 1 saturated heterocycles. The molecule has 3 rings (SSSR count). The van der Waals surface area contributed by atoms with Gasteiger partial charge in [-0.05, 0) is 32.0 Å². The number of carbonyl (C=O) groups excluding carboxylic acids is 1. The van der Waals surface area contributed by atoms with Gasteiger partial charge in [0.2, 0.25) is 0 Å². The monoisotopic (exact) mass is 274 g/mol. The molecular formula is C14H18N4O2. The Hall–Kier alpha value is -1.95. The van der Waals surface area contributed by atoms with Crippen LogP contribution in [0.2, 0.25) is 0 Å². The molecule has 0 aliphatic carbocycles. The largest absolute Gasteiger partial charge is 0.464 e. The van der Waals surface area contributed by atoms with Crippen LogP contribution in [0.4, 0.5) is 0 Å². The smallest absolute Gasteiger partial charge is 0.358 e. The minimum Gasteiger partial charge on any atom is -0.464 e. The second kappa shape index (κ2) is 5.20. The summed E-state index contributed by atoms with van der Waals surface area (Å²) in [6, 6.07) is 2.05. The summed E-state index contributed by atoms with van der Waals surface area (Å²) in [4.78, 5) is 20.2. The molecule has 0 radical (unpaired) electrons. The van der Waals surface area contributed by atoms with Crippen LogP contribution in [-0.4, -0.2) is 40.7 Å². The van der Waals surface area contributed by atoms with E-state index in [9.17, 15) is 4.79 Å². The minimum absolute atomic E-state index is 0.252. The van der Waals surface area contributed by atoms with E-state index in [4.69, 9.17) is 0 Å². The Bertz CT molecular complexity index is 644. The predicted octanol–water partition coefficient (Wildman–Crippen LogP) is 1.22. The van der Waals surface area contributed by atoms with Gasteiger partial charge in [0.05, 0.1) is 13.3 Å². The maximum Gasteiger partial charge on any atom is 0.358 e. The first-order valence-electron chi connectivity index (χ1n) is 6.82. The third-order valence-electron chi connectivity index (χ3n) is 3.92. The first-order valence-corrected chi connectivity index (χ1v) is 6.82. The van der Waals surface area contributed by atoms with Crippen molar-refractivity contribution < 1.29 is 9.53 Å². The van der Waals surface area contributed by atoms with Gasteiger partial charge in [-0.2, -0.15) is 0 Å². The third kappa shape index (κ3) is 2.16. The molecule has 6 nitrogen and oxygen atoms in total. The van der Waals surface area contributed by atoms with Crippen LogP contribution in [0.5, 0.6) is 0 Å². The number of ether oxygens (including phenoxy) is 1. The summed E-state index contributed by atoms with van der Waals surface area (Å²) in [5.41, 5.74) is 3.06. The van der Waals surface area contributed by atoms with Crippen LogP contribution in [0, 0.1) is 0 Å². The molecule has 0 unspecified atom stereocenters. The second-order valence-electron chi connectivity index (χ2n) is 5.11. The van der Waals surface area contributed by atoms with Crippen molar-refractivity contribution in [3.05, 3.63) is 23.7 Å². The molecule has 6 heteroatoms. The van der Waals surface area contributed by atoms with Crippen molar-refractivity contribution in [1.82, 2.24) is 19.9 Å². The molecule has 1 N–H and O–H groups in total. The Morgan fingerprint density at radius 1 is 1.45 bits per heavy atom. The normalized spacial score (nSPS) is 16.5. The van der Waals surface area contributed by atoms with Crippen molar-refractivity contribution in [2.45, 2.75) is 18.8 Å². The molecule has 0 bridgehead atoms. The van der Waals surface area contributed by atoms with Gasteiger partial charge in [-0.25, -0.2) is 14.8 Å². The molecule has 1 aliphatic heterocycles. The SMILES string of the molecule is COC(=O)c1cnc2c(cc(C3CCNCC3)n2C)n1. The zero-order valence-electron chi connectivity index (χ0n) is 11.7. The van der Waals surface area contributed by atoms with E-state index in [2.05, 4.69) is 24.6 Å². The van der Waals surface area contributed by atoms with Crippen LogP contribution < -0.4 is 5.32 Å². The van der Waals surface area contributed by atoms with Gasteiger partial charge in [-0.15, -0.1) is 0 Å². The summed E-state index contributed by atoms with van der Waals surface area (Å²) in [6.07, 6.45) is 3.71. The number of methoxy groups -OCH3 is 1. The second-order valence-corrected chi connectivity index (χ2v) is 5.11. The zero-order valence-corrected chi connectivity index (χ0v) is 11.7. The number of nitrogens with one attached hydrogen (secondary N) is 1. The van der Waals surface area contributed by atoms with Crippen molar-refractivity contribution in [1.29, 1.82) is 0 Å². The summed E-state index contributed by atoms with van der Waals surface area (Å²) < 4.78 is 6.76. The molecule has 1 fully saturated rings. The summed E-state index contributed by atoms with van der Waals surface area (Å²) in [7, 11) is 3.35. The zero-order chi connectivity index (χ0) is 14.1. The molecule has 1 aliphatic rings. The van der Waals surface area contributed by atoms with Gasteiger partial charge in [0.15, 0.2) is 11.3 Å². The van der Waals surface area contributed by atoms with Gasteiger partial charge >= 0.3 is 5.97 Å². The first kappa shape index (κ1) is 13.1. The van der Waals surface area contributed by atoms with Gasteiger partial charge in [0.1, 0.15) is 5.52 Å². The molecule has 2 aromatic rings. The topological polar surface area (TPSA) is 69.0 Å². The number of fused-ring (bicyclic) bond motifs is 1. The summed E-state index contributed by atoms with van der Waals surface area (Å²) in [5.74, 6) is 0.0745. The number of aromatic nitrogens is 3. The van der Waals surface area contributed by atoms with E-state index in [1.165, 1.54) is 19.0 Å². The first-order chi connectivity index (χ1) is 9.70. The van der Waals surface area contributed by atoms with E-state index in [1.807, 2.05) is 13.1 Å². The molecule has 20 heavy (non-hydrogen) atoms. The van der Waals surface area contributed by atoms with E-state index < -0.39 is 5.97 Å². The summed E-state index contributed by atoms with van der Waals surface area (Å²) in [5, 5.41) is 3.37. The number of piperidine rings is 1. The van der Waals surface area contributed by atoms with Crippen molar-refractivity contribution in [3.8, 4) is 0 Å². The van der Waals surface area contributed by atoms with Crippen LogP contribution in [0.1, 0.15) is 34.9 Å².